The number of nitrogens with two attached hydrogens (primary N) is 1. The van der Waals surface area contributed by atoms with Crippen LogP contribution in [0.3, 0.4) is 0 Å². The van der Waals surface area contributed by atoms with Crippen LogP contribution >= 0.6 is 0 Å². The Labute approximate surface area is 119 Å². The minimum absolute atomic E-state index is 0.334. The minimum Gasteiger partial charge on any atom is -0.339 e. The third-order valence-corrected chi connectivity index (χ3v) is 3.99. The van der Waals surface area contributed by atoms with Gasteiger partial charge in [-0.1, -0.05) is 42.3 Å². The first-order valence-corrected chi connectivity index (χ1v) is 7.49. The van der Waals surface area contributed by atoms with Crippen LogP contribution < -0.4 is 5.73 Å². The van der Waals surface area contributed by atoms with Crippen LogP contribution in [0.1, 0.15) is 54.4 Å². The molecular formula is C16H21N3O. The third kappa shape index (κ3) is 2.75. The van der Waals surface area contributed by atoms with Crippen LogP contribution in [0.4, 0.5) is 0 Å². The van der Waals surface area contributed by atoms with Crippen molar-refractivity contribution in [3.05, 3.63) is 47.1 Å². The molecule has 0 amide bonds. The first-order chi connectivity index (χ1) is 9.88. The summed E-state index contributed by atoms with van der Waals surface area (Å²) >= 11 is 0. The van der Waals surface area contributed by atoms with Crippen LogP contribution in [0.2, 0.25) is 0 Å². The van der Waals surface area contributed by atoms with E-state index in [2.05, 4.69) is 34.4 Å². The maximum atomic E-state index is 5.48. The zero-order valence-electron chi connectivity index (χ0n) is 11.7. The second kappa shape index (κ2) is 6.18. The van der Waals surface area contributed by atoms with Crippen molar-refractivity contribution in [1.82, 2.24) is 10.1 Å². The lowest BCUT2D eigenvalue weighted by Gasteiger charge is -2.27. The normalized spacial score (nSPS) is 16.8. The van der Waals surface area contributed by atoms with E-state index >= 15 is 0 Å². The molecule has 0 aliphatic heterocycles. The van der Waals surface area contributed by atoms with Crippen molar-refractivity contribution < 1.29 is 4.52 Å². The molecule has 0 saturated carbocycles. The molecule has 0 bridgehead atoms. The molecule has 0 saturated heterocycles. The predicted octanol–water partition coefficient (Wildman–Crippen LogP) is 2.82. The monoisotopic (exact) mass is 271 g/mol. The van der Waals surface area contributed by atoms with Crippen LogP contribution in [0, 0.1) is 0 Å². The smallest absolute Gasteiger partial charge is 0.226 e. The summed E-state index contributed by atoms with van der Waals surface area (Å²) in [4.78, 5) is 4.55. The average Bonchev–Trinajstić information content (AvgIpc) is 2.88. The highest BCUT2D eigenvalue weighted by molar-refractivity contribution is 5.43. The van der Waals surface area contributed by atoms with E-state index in [4.69, 9.17) is 10.3 Å². The molecule has 20 heavy (non-hydrogen) atoms. The minimum atomic E-state index is 0.334. The van der Waals surface area contributed by atoms with Crippen LogP contribution in [0.5, 0.6) is 0 Å². The molecule has 2 N–H and O–H groups in total. The number of hydrogen-bond donors (Lipinski definition) is 1. The molecule has 3 rings (SSSR count). The fraction of sp³-hybridized carbons (Fsp3) is 0.500. The average molecular weight is 271 g/mol. The van der Waals surface area contributed by atoms with E-state index in [1.54, 1.807) is 0 Å². The molecule has 1 atom stereocenters. The van der Waals surface area contributed by atoms with Gasteiger partial charge >= 0.3 is 0 Å². The Hall–Kier alpha value is -1.68. The molecule has 1 aromatic carbocycles. The van der Waals surface area contributed by atoms with Crippen molar-refractivity contribution in [3.8, 4) is 0 Å². The Morgan fingerprint density at radius 1 is 1.15 bits per heavy atom. The number of hydrogen-bond acceptors (Lipinski definition) is 4. The summed E-state index contributed by atoms with van der Waals surface area (Å²) in [6, 6.07) is 8.48. The Morgan fingerprint density at radius 2 is 2.00 bits per heavy atom. The Morgan fingerprint density at radius 3 is 2.85 bits per heavy atom. The van der Waals surface area contributed by atoms with Gasteiger partial charge in [0, 0.05) is 6.42 Å². The zero-order chi connectivity index (χ0) is 13.8. The highest BCUT2D eigenvalue weighted by Gasteiger charge is 2.30. The van der Waals surface area contributed by atoms with Gasteiger partial charge in [-0.25, -0.2) is 0 Å². The summed E-state index contributed by atoms with van der Waals surface area (Å²) < 4.78 is 5.36. The highest BCUT2D eigenvalue weighted by atomic mass is 16.5. The number of nitrogens with zero attached hydrogens (tertiary/aromatic N) is 2. The molecule has 1 aliphatic carbocycles. The van der Waals surface area contributed by atoms with Crippen molar-refractivity contribution in [2.45, 2.75) is 44.4 Å². The van der Waals surface area contributed by atoms with Gasteiger partial charge in [0.1, 0.15) is 0 Å². The van der Waals surface area contributed by atoms with Crippen LogP contribution in [0.25, 0.3) is 0 Å². The number of aryl methyl sites for hydroxylation is 1. The van der Waals surface area contributed by atoms with Crippen molar-refractivity contribution in [1.29, 1.82) is 0 Å². The van der Waals surface area contributed by atoms with Gasteiger partial charge in [-0.3, -0.25) is 0 Å². The number of benzene rings is 1. The molecule has 2 aromatic rings. The van der Waals surface area contributed by atoms with Crippen LogP contribution in [-0.2, 0) is 12.8 Å². The predicted molar refractivity (Wildman–Crippen MR) is 77.5 cm³/mol. The Bertz CT molecular complexity index is 564. The highest BCUT2D eigenvalue weighted by Crippen LogP contribution is 2.38. The van der Waals surface area contributed by atoms with E-state index in [-0.39, 0.29) is 0 Å². The van der Waals surface area contributed by atoms with Crippen LogP contribution in [0.15, 0.2) is 28.8 Å². The summed E-state index contributed by atoms with van der Waals surface area (Å²) in [5.41, 5.74) is 8.24. The molecule has 106 valence electrons. The first-order valence-electron chi connectivity index (χ1n) is 7.49. The standard InChI is InChI=1S/C16H21N3O/c17-10-6-2-1-3-9-15-18-16(19-20-15)14-11-12-7-4-5-8-13(12)14/h4-5,7-8,14H,1-3,6,9-11,17H2. The zero-order valence-corrected chi connectivity index (χ0v) is 11.7. The Kier molecular flexibility index (Phi) is 4.11. The van der Waals surface area contributed by atoms with Gasteiger partial charge in [-0.2, -0.15) is 4.98 Å². The van der Waals surface area contributed by atoms with Gasteiger partial charge in [0.2, 0.25) is 5.89 Å². The summed E-state index contributed by atoms with van der Waals surface area (Å²) in [5, 5.41) is 4.15. The molecular weight excluding hydrogens is 250 g/mol. The molecule has 1 aromatic heterocycles. The topological polar surface area (TPSA) is 64.9 Å². The fourth-order valence-electron chi connectivity index (χ4n) is 2.77. The van der Waals surface area contributed by atoms with E-state index in [1.165, 1.54) is 24.0 Å². The lowest BCUT2D eigenvalue weighted by Crippen LogP contribution is -2.19. The van der Waals surface area contributed by atoms with Gasteiger partial charge in [0.25, 0.3) is 0 Å². The number of unbranched alkanes of at least 4 members (excludes halogenated alkanes) is 3. The molecule has 1 heterocycles. The summed E-state index contributed by atoms with van der Waals surface area (Å²) in [6.45, 7) is 0.784. The summed E-state index contributed by atoms with van der Waals surface area (Å²) in [7, 11) is 0. The van der Waals surface area contributed by atoms with E-state index < -0.39 is 0 Å². The SMILES string of the molecule is NCCCCCCc1nc(C2Cc3ccccc32)no1. The van der Waals surface area contributed by atoms with Gasteiger partial charge in [0.05, 0.1) is 5.92 Å². The maximum absolute atomic E-state index is 5.48. The summed E-state index contributed by atoms with van der Waals surface area (Å²) in [5.74, 6) is 1.96. The Balaban J connectivity index is 1.53. The largest absolute Gasteiger partial charge is 0.339 e. The maximum Gasteiger partial charge on any atom is 0.226 e. The number of fused-ring (bicyclic) bond motifs is 1. The van der Waals surface area contributed by atoms with Crippen molar-refractivity contribution in [2.75, 3.05) is 6.54 Å². The molecule has 0 radical (unpaired) electrons. The summed E-state index contributed by atoms with van der Waals surface area (Å²) in [6.07, 6.45) is 6.49. The molecule has 0 fully saturated rings. The first kappa shape index (κ1) is 13.3. The molecule has 4 heteroatoms. The lowest BCUT2D eigenvalue weighted by atomic mass is 9.77. The van der Waals surface area contributed by atoms with E-state index in [9.17, 15) is 0 Å². The lowest BCUT2D eigenvalue weighted by molar-refractivity contribution is 0.365. The third-order valence-electron chi connectivity index (χ3n) is 3.99. The van der Waals surface area contributed by atoms with Crippen LogP contribution in [-0.4, -0.2) is 16.7 Å². The fourth-order valence-corrected chi connectivity index (χ4v) is 2.77. The van der Waals surface area contributed by atoms with Gasteiger partial charge in [-0.15, -0.1) is 0 Å². The van der Waals surface area contributed by atoms with Crippen molar-refractivity contribution in [2.24, 2.45) is 5.73 Å². The number of aromatic nitrogens is 2. The van der Waals surface area contributed by atoms with Crippen molar-refractivity contribution in [3.63, 3.8) is 0 Å². The molecule has 1 unspecified atom stereocenters. The molecule has 1 aliphatic rings. The van der Waals surface area contributed by atoms with Gasteiger partial charge in [-0.05, 0) is 36.9 Å². The molecule has 0 spiro atoms. The van der Waals surface area contributed by atoms with Crippen molar-refractivity contribution >= 4 is 0 Å². The van der Waals surface area contributed by atoms with E-state index in [1.807, 2.05) is 0 Å². The molecule has 4 nitrogen and oxygen atoms in total. The second-order valence-corrected chi connectivity index (χ2v) is 5.45. The quantitative estimate of drug-likeness (QED) is 0.786. The van der Waals surface area contributed by atoms with E-state index in [0.717, 1.165) is 43.9 Å². The van der Waals surface area contributed by atoms with Gasteiger partial charge in [0.15, 0.2) is 5.82 Å². The van der Waals surface area contributed by atoms with E-state index in [0.29, 0.717) is 5.92 Å². The van der Waals surface area contributed by atoms with Gasteiger partial charge < -0.3 is 10.3 Å². The second-order valence-electron chi connectivity index (χ2n) is 5.45. The number of rotatable bonds is 7.